The highest BCUT2D eigenvalue weighted by Crippen LogP contribution is 2.30. The van der Waals surface area contributed by atoms with E-state index in [2.05, 4.69) is 0 Å². The minimum absolute atomic E-state index is 0.0150. The Kier molecular flexibility index (Phi) is 2.00. The number of ether oxygens (including phenoxy) is 2. The zero-order valence-corrected chi connectivity index (χ0v) is 7.95. The van der Waals surface area contributed by atoms with E-state index < -0.39 is 5.79 Å². The predicted molar refractivity (Wildman–Crippen MR) is 47.2 cm³/mol. The average Bonchev–Trinajstić information content (AvgIpc) is 2.02. The zero-order chi connectivity index (χ0) is 9.47. The van der Waals surface area contributed by atoms with Crippen LogP contribution in [0.25, 0.3) is 0 Å². The fourth-order valence-electron chi connectivity index (χ4n) is 1.80. The Labute approximate surface area is 77.7 Å². The minimum Gasteiger partial charge on any atom is -0.350 e. The van der Waals surface area contributed by atoms with Gasteiger partial charge in [-0.25, -0.2) is 0 Å². The maximum absolute atomic E-state index is 11.4. The van der Waals surface area contributed by atoms with Gasteiger partial charge in [-0.2, -0.15) is 0 Å². The van der Waals surface area contributed by atoms with Crippen molar-refractivity contribution in [2.75, 3.05) is 6.61 Å². The third-order valence-corrected chi connectivity index (χ3v) is 2.51. The number of rotatable bonds is 0. The summed E-state index contributed by atoms with van der Waals surface area (Å²) in [4.78, 5) is 11.4. The third kappa shape index (κ3) is 1.67. The lowest BCUT2D eigenvalue weighted by Crippen LogP contribution is -2.48. The SMILES string of the molecule is CC1(C)OC[C@H]2C(=O)C=CC[C@@H]2O1. The van der Waals surface area contributed by atoms with E-state index in [1.54, 1.807) is 6.08 Å². The van der Waals surface area contributed by atoms with E-state index >= 15 is 0 Å². The van der Waals surface area contributed by atoms with Crippen molar-refractivity contribution in [3.05, 3.63) is 12.2 Å². The van der Waals surface area contributed by atoms with Crippen LogP contribution in [0.5, 0.6) is 0 Å². The molecular weight excluding hydrogens is 168 g/mol. The van der Waals surface area contributed by atoms with Crippen LogP contribution in [0.4, 0.5) is 0 Å². The third-order valence-electron chi connectivity index (χ3n) is 2.51. The van der Waals surface area contributed by atoms with E-state index in [0.717, 1.165) is 6.42 Å². The maximum Gasteiger partial charge on any atom is 0.163 e. The van der Waals surface area contributed by atoms with Gasteiger partial charge in [-0.05, 0) is 26.3 Å². The Morgan fingerprint density at radius 2 is 2.31 bits per heavy atom. The summed E-state index contributed by atoms with van der Waals surface area (Å²) in [5.74, 6) is -0.489. The van der Waals surface area contributed by atoms with Crippen LogP contribution in [0.15, 0.2) is 12.2 Å². The average molecular weight is 182 g/mol. The lowest BCUT2D eigenvalue weighted by Gasteiger charge is -2.41. The molecule has 3 heteroatoms. The zero-order valence-electron chi connectivity index (χ0n) is 7.95. The Morgan fingerprint density at radius 3 is 3.08 bits per heavy atom. The first-order valence-corrected chi connectivity index (χ1v) is 4.61. The highest BCUT2D eigenvalue weighted by Gasteiger charge is 2.40. The molecule has 3 nitrogen and oxygen atoms in total. The molecule has 0 unspecified atom stereocenters. The molecule has 13 heavy (non-hydrogen) atoms. The fourth-order valence-corrected chi connectivity index (χ4v) is 1.80. The van der Waals surface area contributed by atoms with Crippen LogP contribution in [-0.4, -0.2) is 24.3 Å². The highest BCUT2D eigenvalue weighted by molar-refractivity contribution is 5.93. The molecule has 1 fully saturated rings. The van der Waals surface area contributed by atoms with Crippen LogP contribution in [0.1, 0.15) is 20.3 Å². The van der Waals surface area contributed by atoms with Crippen LogP contribution in [0.2, 0.25) is 0 Å². The van der Waals surface area contributed by atoms with Gasteiger partial charge in [-0.15, -0.1) is 0 Å². The number of carbonyl (C=O) groups is 1. The van der Waals surface area contributed by atoms with Crippen LogP contribution in [-0.2, 0) is 14.3 Å². The van der Waals surface area contributed by atoms with Gasteiger partial charge in [0.1, 0.15) is 0 Å². The van der Waals surface area contributed by atoms with Crippen molar-refractivity contribution in [2.24, 2.45) is 5.92 Å². The molecule has 0 aromatic carbocycles. The molecule has 2 atom stereocenters. The Bertz CT molecular complexity index is 255. The molecule has 72 valence electrons. The summed E-state index contributed by atoms with van der Waals surface area (Å²) in [5, 5.41) is 0. The van der Waals surface area contributed by atoms with Crippen molar-refractivity contribution < 1.29 is 14.3 Å². The molecule has 0 amide bonds. The summed E-state index contributed by atoms with van der Waals surface area (Å²) < 4.78 is 11.1. The van der Waals surface area contributed by atoms with E-state index in [1.165, 1.54) is 0 Å². The molecule has 0 aromatic rings. The molecule has 1 aliphatic carbocycles. The lowest BCUT2D eigenvalue weighted by atomic mass is 9.89. The van der Waals surface area contributed by atoms with E-state index in [-0.39, 0.29) is 17.8 Å². The van der Waals surface area contributed by atoms with E-state index in [0.29, 0.717) is 6.61 Å². The maximum atomic E-state index is 11.4. The molecule has 1 saturated heterocycles. The normalized spacial score (nSPS) is 37.2. The smallest absolute Gasteiger partial charge is 0.163 e. The van der Waals surface area contributed by atoms with Crippen molar-refractivity contribution in [1.82, 2.24) is 0 Å². The Balaban J connectivity index is 2.14. The number of allylic oxidation sites excluding steroid dienone is 1. The second-order valence-electron chi connectivity index (χ2n) is 4.01. The van der Waals surface area contributed by atoms with Crippen molar-refractivity contribution in [2.45, 2.75) is 32.2 Å². The van der Waals surface area contributed by atoms with Gasteiger partial charge in [0.05, 0.1) is 18.6 Å². The van der Waals surface area contributed by atoms with Gasteiger partial charge in [0.25, 0.3) is 0 Å². The van der Waals surface area contributed by atoms with Crippen molar-refractivity contribution in [3.8, 4) is 0 Å². The molecule has 0 spiro atoms. The molecule has 0 radical (unpaired) electrons. The number of ketones is 1. The molecule has 0 saturated carbocycles. The molecule has 0 N–H and O–H groups in total. The van der Waals surface area contributed by atoms with Gasteiger partial charge in [0.2, 0.25) is 0 Å². The summed E-state index contributed by atoms with van der Waals surface area (Å²) in [7, 11) is 0. The van der Waals surface area contributed by atoms with E-state index in [4.69, 9.17) is 9.47 Å². The van der Waals surface area contributed by atoms with Gasteiger partial charge >= 0.3 is 0 Å². The standard InChI is InChI=1S/C10H14O3/c1-10(2)12-6-7-8(11)4-3-5-9(7)13-10/h3-4,7,9H,5-6H2,1-2H3/t7-,9-/m0/s1. The summed E-state index contributed by atoms with van der Waals surface area (Å²) in [6, 6.07) is 0. The largest absolute Gasteiger partial charge is 0.350 e. The van der Waals surface area contributed by atoms with Gasteiger partial charge in [-0.1, -0.05) is 6.08 Å². The number of hydrogen-bond acceptors (Lipinski definition) is 3. The first kappa shape index (κ1) is 8.91. The monoisotopic (exact) mass is 182 g/mol. The van der Waals surface area contributed by atoms with Crippen molar-refractivity contribution in [1.29, 1.82) is 0 Å². The van der Waals surface area contributed by atoms with Crippen LogP contribution >= 0.6 is 0 Å². The fraction of sp³-hybridized carbons (Fsp3) is 0.700. The molecule has 1 heterocycles. The van der Waals surface area contributed by atoms with Crippen LogP contribution < -0.4 is 0 Å². The quantitative estimate of drug-likeness (QED) is 0.566. The molecule has 2 rings (SSSR count). The second kappa shape index (κ2) is 2.93. The lowest BCUT2D eigenvalue weighted by molar-refractivity contribution is -0.287. The van der Waals surface area contributed by atoms with Gasteiger partial charge in [0, 0.05) is 0 Å². The number of carbonyl (C=O) groups excluding carboxylic acids is 1. The van der Waals surface area contributed by atoms with Gasteiger partial charge in [-0.3, -0.25) is 4.79 Å². The highest BCUT2D eigenvalue weighted by atomic mass is 16.7. The summed E-state index contributed by atoms with van der Waals surface area (Å²) in [6.45, 7) is 4.25. The molecule has 0 aromatic heterocycles. The van der Waals surface area contributed by atoms with E-state index in [9.17, 15) is 4.79 Å². The summed E-state index contributed by atoms with van der Waals surface area (Å²) >= 11 is 0. The Morgan fingerprint density at radius 1 is 1.54 bits per heavy atom. The molecule has 0 bridgehead atoms. The van der Waals surface area contributed by atoms with Crippen molar-refractivity contribution in [3.63, 3.8) is 0 Å². The van der Waals surface area contributed by atoms with Crippen LogP contribution in [0.3, 0.4) is 0 Å². The predicted octanol–water partition coefficient (Wildman–Crippen LogP) is 1.28. The Hall–Kier alpha value is -0.670. The van der Waals surface area contributed by atoms with Gasteiger partial charge < -0.3 is 9.47 Å². The first-order valence-electron chi connectivity index (χ1n) is 4.61. The summed E-state index contributed by atoms with van der Waals surface area (Å²) in [5.41, 5.74) is 0. The van der Waals surface area contributed by atoms with Crippen LogP contribution in [0, 0.1) is 5.92 Å². The second-order valence-corrected chi connectivity index (χ2v) is 4.01. The van der Waals surface area contributed by atoms with Crippen molar-refractivity contribution >= 4 is 5.78 Å². The first-order chi connectivity index (χ1) is 6.08. The summed E-state index contributed by atoms with van der Waals surface area (Å²) in [6.07, 6.45) is 4.35. The molecular formula is C10H14O3. The molecule has 2 aliphatic rings. The molecule has 1 aliphatic heterocycles. The van der Waals surface area contributed by atoms with Gasteiger partial charge in [0.15, 0.2) is 11.6 Å². The topological polar surface area (TPSA) is 35.5 Å². The number of fused-ring (bicyclic) bond motifs is 1. The number of hydrogen-bond donors (Lipinski definition) is 0. The van der Waals surface area contributed by atoms with E-state index in [1.807, 2.05) is 19.9 Å². The minimum atomic E-state index is -0.535.